The number of aliphatic imine (C=N–C) groups is 1. The van der Waals surface area contributed by atoms with Gasteiger partial charge >= 0.3 is 0 Å². The Morgan fingerprint density at radius 1 is 1.15 bits per heavy atom. The largest absolute Gasteiger partial charge is 0.508 e. The van der Waals surface area contributed by atoms with Crippen LogP contribution in [0.25, 0.3) is 0 Å². The molecule has 1 aliphatic heterocycles. The number of benzene rings is 2. The van der Waals surface area contributed by atoms with Crippen LogP contribution in [0.4, 0.5) is 5.69 Å². The van der Waals surface area contributed by atoms with E-state index >= 15 is 0 Å². The third kappa shape index (κ3) is 2.10. The molecule has 0 bridgehead atoms. The molecule has 0 saturated heterocycles. The molecule has 1 heterocycles. The second-order valence-corrected chi connectivity index (χ2v) is 5.45. The Morgan fingerprint density at radius 3 is 2.70 bits per heavy atom. The summed E-state index contributed by atoms with van der Waals surface area (Å²) in [6.07, 6.45) is 1.53. The molecule has 1 aliphatic rings. The molecule has 5 heteroatoms. The van der Waals surface area contributed by atoms with Crippen molar-refractivity contribution >= 4 is 33.6 Å². The molecule has 0 amide bonds. The minimum atomic E-state index is -0.532. The fourth-order valence-electron chi connectivity index (χ4n) is 2.27. The third-order valence-corrected chi connectivity index (χ3v) is 3.67. The maximum atomic E-state index is 12.5. The van der Waals surface area contributed by atoms with Gasteiger partial charge < -0.3 is 10.2 Å². The molecule has 2 aromatic carbocycles. The molecule has 4 nitrogen and oxygen atoms in total. The smallest absolute Gasteiger partial charge is 0.181 e. The number of rotatable bonds is 1. The van der Waals surface area contributed by atoms with Gasteiger partial charge in [-0.1, -0.05) is 28.1 Å². The highest BCUT2D eigenvalue weighted by molar-refractivity contribution is 9.10. The van der Waals surface area contributed by atoms with Crippen LogP contribution in [0.2, 0.25) is 0 Å². The van der Waals surface area contributed by atoms with Crippen molar-refractivity contribution in [2.45, 2.75) is 5.92 Å². The van der Waals surface area contributed by atoms with Gasteiger partial charge in [0.1, 0.15) is 11.5 Å². The Hall–Kier alpha value is -2.14. The summed E-state index contributed by atoms with van der Waals surface area (Å²) in [5.41, 5.74) is 1.24. The second-order valence-electron chi connectivity index (χ2n) is 4.53. The van der Waals surface area contributed by atoms with E-state index in [0.29, 0.717) is 5.69 Å². The number of fused-ring (bicyclic) bond motifs is 1. The van der Waals surface area contributed by atoms with Crippen molar-refractivity contribution in [3.8, 4) is 11.5 Å². The van der Waals surface area contributed by atoms with E-state index < -0.39 is 5.92 Å². The van der Waals surface area contributed by atoms with Gasteiger partial charge in [-0.15, -0.1) is 0 Å². The van der Waals surface area contributed by atoms with Gasteiger partial charge in [-0.3, -0.25) is 9.79 Å². The molecule has 0 aromatic heterocycles. The highest BCUT2D eigenvalue weighted by Crippen LogP contribution is 2.39. The Labute approximate surface area is 123 Å². The molecule has 0 saturated carbocycles. The van der Waals surface area contributed by atoms with Gasteiger partial charge in [0.15, 0.2) is 5.78 Å². The molecule has 3 rings (SSSR count). The first-order valence-corrected chi connectivity index (χ1v) is 6.75. The topological polar surface area (TPSA) is 69.9 Å². The van der Waals surface area contributed by atoms with Crippen molar-refractivity contribution in [1.82, 2.24) is 0 Å². The Morgan fingerprint density at radius 2 is 1.95 bits per heavy atom. The summed E-state index contributed by atoms with van der Waals surface area (Å²) in [5, 5.41) is 19.3. The minimum absolute atomic E-state index is 0.118. The molecular formula is C15H10BrNO3. The maximum absolute atomic E-state index is 12.5. The number of hydrogen-bond donors (Lipinski definition) is 2. The number of carbonyl (C=O) groups is 1. The van der Waals surface area contributed by atoms with E-state index in [0.717, 1.165) is 16.1 Å². The number of hydrogen-bond acceptors (Lipinski definition) is 4. The Balaban J connectivity index is 2.10. The normalized spacial score (nSPS) is 17.1. The van der Waals surface area contributed by atoms with Gasteiger partial charge in [0.2, 0.25) is 0 Å². The molecule has 0 spiro atoms. The average Bonchev–Trinajstić information content (AvgIpc) is 2.38. The fourth-order valence-corrected chi connectivity index (χ4v) is 2.68. The number of aromatic hydroxyl groups is 2. The second kappa shape index (κ2) is 4.76. The molecular weight excluding hydrogens is 322 g/mol. The molecule has 1 atom stereocenters. The molecule has 2 N–H and O–H groups in total. The highest BCUT2D eigenvalue weighted by Gasteiger charge is 2.29. The van der Waals surface area contributed by atoms with E-state index in [1.54, 1.807) is 0 Å². The van der Waals surface area contributed by atoms with Crippen LogP contribution in [0.15, 0.2) is 45.9 Å². The van der Waals surface area contributed by atoms with Crippen LogP contribution in [-0.2, 0) is 0 Å². The molecule has 0 fully saturated rings. The van der Waals surface area contributed by atoms with Gasteiger partial charge in [-0.25, -0.2) is 0 Å². The van der Waals surface area contributed by atoms with E-state index in [1.165, 1.54) is 12.3 Å². The summed E-state index contributed by atoms with van der Waals surface area (Å²) in [4.78, 5) is 16.7. The van der Waals surface area contributed by atoms with Crippen LogP contribution in [-0.4, -0.2) is 22.2 Å². The van der Waals surface area contributed by atoms with Crippen LogP contribution < -0.4 is 0 Å². The lowest BCUT2D eigenvalue weighted by Crippen LogP contribution is -2.17. The van der Waals surface area contributed by atoms with Crippen LogP contribution in [0.3, 0.4) is 0 Å². The zero-order valence-corrected chi connectivity index (χ0v) is 11.8. The molecule has 2 aromatic rings. The van der Waals surface area contributed by atoms with Crippen molar-refractivity contribution in [3.63, 3.8) is 0 Å². The summed E-state index contributed by atoms with van der Waals surface area (Å²) >= 11 is 3.37. The van der Waals surface area contributed by atoms with Crippen LogP contribution in [0.5, 0.6) is 11.5 Å². The first kappa shape index (κ1) is 12.9. The molecule has 20 heavy (non-hydrogen) atoms. The van der Waals surface area contributed by atoms with Crippen molar-refractivity contribution in [2.75, 3.05) is 0 Å². The summed E-state index contributed by atoms with van der Waals surface area (Å²) in [7, 11) is 0. The lowest BCUT2D eigenvalue weighted by molar-refractivity contribution is 0.0980. The summed E-state index contributed by atoms with van der Waals surface area (Å²) in [6, 6.07) is 9.90. The number of ketones is 1. The average molecular weight is 332 g/mol. The fraction of sp³-hybridized carbons (Fsp3) is 0.0667. The van der Waals surface area contributed by atoms with Crippen LogP contribution >= 0.6 is 15.9 Å². The number of nitrogens with zero attached hydrogens (tertiary/aromatic N) is 1. The summed E-state index contributed by atoms with van der Waals surface area (Å²) in [5.74, 6) is -1.13. The number of Topliss-reactive ketones (excluding diaryl/α,β-unsaturated/α-hetero) is 1. The summed E-state index contributed by atoms with van der Waals surface area (Å²) in [6.45, 7) is 0. The Kier molecular flexibility index (Phi) is 3.06. The Bertz CT molecular complexity index is 740. The number of phenolic OH excluding ortho intramolecular Hbond substituents is 2. The van der Waals surface area contributed by atoms with Gasteiger partial charge in [-0.05, 0) is 17.7 Å². The van der Waals surface area contributed by atoms with E-state index in [-0.39, 0.29) is 22.8 Å². The first-order valence-electron chi connectivity index (χ1n) is 5.96. The monoisotopic (exact) mass is 331 g/mol. The van der Waals surface area contributed by atoms with Gasteiger partial charge in [0.05, 0.1) is 17.2 Å². The molecule has 100 valence electrons. The van der Waals surface area contributed by atoms with Gasteiger partial charge in [-0.2, -0.15) is 0 Å². The SMILES string of the molecule is O=C1c2c(O)cc(O)cc2N=CC1c1cccc(Br)c1. The van der Waals surface area contributed by atoms with E-state index in [4.69, 9.17) is 0 Å². The van der Waals surface area contributed by atoms with Crippen molar-refractivity contribution in [3.05, 3.63) is 52.0 Å². The number of carbonyl (C=O) groups excluding carboxylic acids is 1. The van der Waals surface area contributed by atoms with E-state index in [9.17, 15) is 15.0 Å². The lowest BCUT2D eigenvalue weighted by Gasteiger charge is -2.19. The predicted molar refractivity (Wildman–Crippen MR) is 79.1 cm³/mol. The molecule has 0 radical (unpaired) electrons. The highest BCUT2D eigenvalue weighted by atomic mass is 79.9. The van der Waals surface area contributed by atoms with E-state index in [1.807, 2.05) is 24.3 Å². The van der Waals surface area contributed by atoms with E-state index in [2.05, 4.69) is 20.9 Å². The lowest BCUT2D eigenvalue weighted by atomic mass is 9.88. The standard InChI is InChI=1S/C15H10BrNO3/c16-9-3-1-2-8(4-9)11-7-17-12-5-10(18)6-13(19)14(12)15(11)20/h1-7,11,18-19H. The van der Waals surface area contributed by atoms with Gasteiger partial charge in [0.25, 0.3) is 0 Å². The maximum Gasteiger partial charge on any atom is 0.181 e. The minimum Gasteiger partial charge on any atom is -0.508 e. The zero-order valence-electron chi connectivity index (χ0n) is 10.2. The molecule has 0 aliphatic carbocycles. The zero-order chi connectivity index (χ0) is 14.3. The molecule has 1 unspecified atom stereocenters. The summed E-state index contributed by atoms with van der Waals surface area (Å²) < 4.78 is 0.872. The van der Waals surface area contributed by atoms with Crippen LogP contribution in [0, 0.1) is 0 Å². The first-order chi connectivity index (χ1) is 9.56. The number of halogens is 1. The quantitative estimate of drug-likeness (QED) is 0.839. The predicted octanol–water partition coefficient (Wildman–Crippen LogP) is 3.54. The third-order valence-electron chi connectivity index (χ3n) is 3.18. The van der Waals surface area contributed by atoms with Crippen LogP contribution in [0.1, 0.15) is 21.8 Å². The van der Waals surface area contributed by atoms with Crippen molar-refractivity contribution < 1.29 is 15.0 Å². The van der Waals surface area contributed by atoms with Gasteiger partial charge in [0, 0.05) is 22.8 Å². The number of phenols is 2. The van der Waals surface area contributed by atoms with Crippen molar-refractivity contribution in [1.29, 1.82) is 0 Å². The van der Waals surface area contributed by atoms with Crippen molar-refractivity contribution in [2.24, 2.45) is 4.99 Å².